The van der Waals surface area contributed by atoms with E-state index in [2.05, 4.69) is 26.0 Å². The molecule has 1 aliphatic rings. The van der Waals surface area contributed by atoms with Crippen molar-refractivity contribution in [3.63, 3.8) is 0 Å². The molecule has 0 bridgehead atoms. The van der Waals surface area contributed by atoms with Gasteiger partial charge >= 0.3 is 18.5 Å². The van der Waals surface area contributed by atoms with Gasteiger partial charge in [0, 0.05) is 17.8 Å². The molecule has 0 spiro atoms. The molecule has 3 aromatic rings. The Morgan fingerprint density at radius 1 is 0.921 bits per heavy atom. The number of benzene rings is 2. The van der Waals surface area contributed by atoms with Crippen molar-refractivity contribution in [3.05, 3.63) is 63.7 Å². The lowest BCUT2D eigenvalue weighted by Gasteiger charge is -2.36. The monoisotopic (exact) mass is 552 g/mol. The number of nitrogens with one attached hydrogen (secondary N) is 2. The zero-order valence-electron chi connectivity index (χ0n) is 19.9. The van der Waals surface area contributed by atoms with Crippen molar-refractivity contribution < 1.29 is 39.5 Å². The summed E-state index contributed by atoms with van der Waals surface area (Å²) < 4.78 is 122. The molecule has 6 nitrogen and oxygen atoms in total. The van der Waals surface area contributed by atoms with Crippen LogP contribution in [0.5, 0.6) is 0 Å². The quantitative estimate of drug-likeness (QED) is 0.371. The fraction of sp³-hybridized carbons (Fsp3) is 0.435. The average molecular weight is 552 g/mol. The summed E-state index contributed by atoms with van der Waals surface area (Å²) in [7, 11) is 1.44. The number of fused-ring (bicyclic) bond motifs is 1. The van der Waals surface area contributed by atoms with Crippen LogP contribution in [0.2, 0.25) is 0 Å². The van der Waals surface area contributed by atoms with Crippen LogP contribution in [0, 0.1) is 6.92 Å². The van der Waals surface area contributed by atoms with Crippen LogP contribution < -0.4 is 10.6 Å². The maximum Gasteiger partial charge on any atom is 0.416 e. The third-order valence-corrected chi connectivity index (χ3v) is 6.29. The van der Waals surface area contributed by atoms with Gasteiger partial charge in [-0.2, -0.15) is 44.3 Å². The first kappa shape index (κ1) is 27.5. The number of tetrazole rings is 1. The third-order valence-electron chi connectivity index (χ3n) is 6.29. The molecule has 1 aliphatic heterocycles. The maximum atomic E-state index is 13.6. The maximum absolute atomic E-state index is 13.6. The Labute approximate surface area is 210 Å². The van der Waals surface area contributed by atoms with E-state index in [1.54, 1.807) is 0 Å². The van der Waals surface area contributed by atoms with Crippen molar-refractivity contribution in [2.24, 2.45) is 7.05 Å². The molecule has 2 N–H and O–H groups in total. The van der Waals surface area contributed by atoms with Crippen LogP contribution in [0.15, 0.2) is 30.3 Å². The van der Waals surface area contributed by atoms with Crippen LogP contribution in [0.4, 0.5) is 51.1 Å². The van der Waals surface area contributed by atoms with Crippen LogP contribution in [0.25, 0.3) is 0 Å². The Morgan fingerprint density at radius 2 is 1.55 bits per heavy atom. The topological polar surface area (TPSA) is 67.7 Å². The van der Waals surface area contributed by atoms with Gasteiger partial charge in [0.25, 0.3) is 5.95 Å². The minimum absolute atomic E-state index is 0.0240. The summed E-state index contributed by atoms with van der Waals surface area (Å²) in [5, 5.41) is 17.4. The SMILES string of the molecule is Cc1cc2c(cc1C(F)(F)F)NCCCC2(Cc1cc(C(F)(F)F)cc(C(F)(F)F)c1)Nc1nnn(C)n1. The fourth-order valence-corrected chi connectivity index (χ4v) is 4.68. The normalized spacial score (nSPS) is 18.5. The largest absolute Gasteiger partial charge is 0.416 e. The summed E-state index contributed by atoms with van der Waals surface area (Å²) in [4.78, 5) is 1.08. The highest BCUT2D eigenvalue weighted by Crippen LogP contribution is 2.45. The van der Waals surface area contributed by atoms with Gasteiger partial charge in [-0.1, -0.05) is 11.2 Å². The van der Waals surface area contributed by atoms with Gasteiger partial charge in [-0.15, -0.1) is 5.10 Å². The average Bonchev–Trinajstić information content (AvgIpc) is 3.11. The zero-order valence-corrected chi connectivity index (χ0v) is 19.9. The van der Waals surface area contributed by atoms with Gasteiger partial charge in [0.05, 0.1) is 29.3 Å². The molecule has 1 unspecified atom stereocenters. The Morgan fingerprint density at radius 3 is 2.08 bits per heavy atom. The van der Waals surface area contributed by atoms with Crippen LogP contribution in [0.1, 0.15) is 46.2 Å². The number of anilines is 2. The van der Waals surface area contributed by atoms with E-state index in [-0.39, 0.29) is 47.4 Å². The summed E-state index contributed by atoms with van der Waals surface area (Å²) in [5.74, 6) is -0.0964. The number of hydrogen-bond donors (Lipinski definition) is 2. The predicted octanol–water partition coefficient (Wildman–Crippen LogP) is 6.33. The van der Waals surface area contributed by atoms with E-state index < -0.39 is 47.2 Å². The van der Waals surface area contributed by atoms with Gasteiger partial charge in [-0.05, 0) is 66.8 Å². The molecular formula is C23H21F9N6. The second-order valence-electron chi connectivity index (χ2n) is 9.14. The van der Waals surface area contributed by atoms with E-state index in [9.17, 15) is 39.5 Å². The summed E-state index contributed by atoms with van der Waals surface area (Å²) in [6.45, 7) is 1.44. The van der Waals surface area contributed by atoms with E-state index in [0.717, 1.165) is 10.9 Å². The number of hydrogen-bond acceptors (Lipinski definition) is 5. The molecule has 0 aliphatic carbocycles. The van der Waals surface area contributed by atoms with E-state index in [1.807, 2.05) is 0 Å². The highest BCUT2D eigenvalue weighted by Gasteiger charge is 2.42. The van der Waals surface area contributed by atoms with Crippen LogP contribution in [0.3, 0.4) is 0 Å². The fourth-order valence-electron chi connectivity index (χ4n) is 4.68. The number of rotatable bonds is 4. The lowest BCUT2D eigenvalue weighted by Crippen LogP contribution is -2.38. The summed E-state index contributed by atoms with van der Waals surface area (Å²) in [6.07, 6.45) is -14.8. The number of aromatic nitrogens is 4. The molecule has 2 heterocycles. The molecule has 1 atom stereocenters. The van der Waals surface area contributed by atoms with Crippen molar-refractivity contribution in [1.29, 1.82) is 0 Å². The molecule has 0 saturated carbocycles. The molecule has 206 valence electrons. The summed E-state index contributed by atoms with van der Waals surface area (Å²) >= 11 is 0. The third kappa shape index (κ3) is 5.65. The molecule has 2 aromatic carbocycles. The molecule has 0 radical (unpaired) electrons. The number of halogens is 9. The Balaban J connectivity index is 1.94. The standard InChI is InChI=1S/C23H21F9N6/c1-12-6-17-18(10-16(12)23(30,31)32)33-5-3-4-20(17,34-19-35-37-38(2)36-19)11-13-7-14(21(24,25)26)9-15(8-13)22(27,28)29/h6-10,33H,3-5,11H2,1-2H3,(H,34,36). The highest BCUT2D eigenvalue weighted by molar-refractivity contribution is 5.62. The van der Waals surface area contributed by atoms with E-state index in [0.29, 0.717) is 18.6 Å². The van der Waals surface area contributed by atoms with Crippen LogP contribution in [-0.4, -0.2) is 26.8 Å². The molecule has 0 fully saturated rings. The van der Waals surface area contributed by atoms with Gasteiger partial charge in [-0.3, -0.25) is 0 Å². The Hall–Kier alpha value is -3.52. The summed E-state index contributed by atoms with van der Waals surface area (Å²) in [5.41, 5.74) is -5.62. The first-order chi connectivity index (χ1) is 17.5. The number of aryl methyl sites for hydroxylation is 2. The Bertz CT molecular complexity index is 1290. The van der Waals surface area contributed by atoms with Gasteiger partial charge < -0.3 is 10.6 Å². The number of alkyl halides is 9. The second kappa shape index (κ2) is 9.34. The van der Waals surface area contributed by atoms with Gasteiger partial charge in [0.1, 0.15) is 0 Å². The zero-order chi connectivity index (χ0) is 28.1. The van der Waals surface area contributed by atoms with Crippen molar-refractivity contribution in [2.75, 3.05) is 17.2 Å². The van der Waals surface area contributed by atoms with Crippen molar-refractivity contribution >= 4 is 11.6 Å². The predicted molar refractivity (Wildman–Crippen MR) is 118 cm³/mol. The lowest BCUT2D eigenvalue weighted by atomic mass is 9.78. The molecule has 0 saturated heterocycles. The van der Waals surface area contributed by atoms with Crippen molar-refractivity contribution in [1.82, 2.24) is 20.2 Å². The van der Waals surface area contributed by atoms with Gasteiger partial charge in [-0.25, -0.2) is 0 Å². The minimum Gasteiger partial charge on any atom is -0.385 e. The minimum atomic E-state index is -5.07. The molecule has 38 heavy (non-hydrogen) atoms. The van der Waals surface area contributed by atoms with Crippen molar-refractivity contribution in [2.45, 2.75) is 50.3 Å². The number of nitrogens with zero attached hydrogens (tertiary/aromatic N) is 4. The van der Waals surface area contributed by atoms with E-state index in [4.69, 9.17) is 0 Å². The lowest BCUT2D eigenvalue weighted by molar-refractivity contribution is -0.143. The van der Waals surface area contributed by atoms with Crippen molar-refractivity contribution in [3.8, 4) is 0 Å². The molecule has 4 rings (SSSR count). The summed E-state index contributed by atoms with van der Waals surface area (Å²) in [6, 6.07) is 3.37. The van der Waals surface area contributed by atoms with Gasteiger partial charge in [0.2, 0.25) is 0 Å². The van der Waals surface area contributed by atoms with Crippen LogP contribution in [-0.2, 0) is 37.5 Å². The molecular weight excluding hydrogens is 531 g/mol. The smallest absolute Gasteiger partial charge is 0.385 e. The molecule has 0 amide bonds. The van der Waals surface area contributed by atoms with E-state index in [1.165, 1.54) is 20.0 Å². The van der Waals surface area contributed by atoms with Gasteiger partial charge in [0.15, 0.2) is 0 Å². The van der Waals surface area contributed by atoms with E-state index >= 15 is 0 Å². The first-order valence-corrected chi connectivity index (χ1v) is 11.2. The first-order valence-electron chi connectivity index (χ1n) is 11.2. The Kier molecular flexibility index (Phi) is 6.77. The van der Waals surface area contributed by atoms with Crippen LogP contribution >= 0.6 is 0 Å². The molecule has 15 heteroatoms. The molecule has 1 aromatic heterocycles. The second-order valence-corrected chi connectivity index (χ2v) is 9.14. The highest BCUT2D eigenvalue weighted by atomic mass is 19.4.